The molecule has 0 saturated heterocycles. The lowest BCUT2D eigenvalue weighted by Crippen LogP contribution is -2.16. The van der Waals surface area contributed by atoms with E-state index in [9.17, 15) is 10.1 Å². The Hall–Kier alpha value is -2.28. The van der Waals surface area contributed by atoms with Crippen LogP contribution in [0, 0.1) is 22.8 Å². The highest BCUT2D eigenvalue weighted by Crippen LogP contribution is 2.22. The standard InChI is InChI=1S/C17H17N3OSSi/c1-22-17-19-15(14(11-18)16(21)20-17)13-7-5-6-12(10-13)8-9-23(2,3)4/h5-7,10H,1-4H3,(H,19,20,21). The molecule has 0 aliphatic carbocycles. The maximum atomic E-state index is 12.0. The number of nitrogens with one attached hydrogen (secondary N) is 1. The van der Waals surface area contributed by atoms with Crippen molar-refractivity contribution in [1.82, 2.24) is 9.97 Å². The number of benzene rings is 1. The summed E-state index contributed by atoms with van der Waals surface area (Å²) in [5, 5.41) is 9.75. The minimum atomic E-state index is -1.47. The smallest absolute Gasteiger partial charge is 0.270 e. The van der Waals surface area contributed by atoms with Crippen LogP contribution in [0.2, 0.25) is 19.6 Å². The zero-order valence-electron chi connectivity index (χ0n) is 13.5. The van der Waals surface area contributed by atoms with Crippen LogP contribution in [0.3, 0.4) is 0 Å². The average molecular weight is 339 g/mol. The molecular weight excluding hydrogens is 322 g/mol. The molecule has 0 radical (unpaired) electrons. The van der Waals surface area contributed by atoms with Crippen LogP contribution in [0.5, 0.6) is 0 Å². The fourth-order valence-corrected chi connectivity index (χ4v) is 2.76. The van der Waals surface area contributed by atoms with Crippen molar-refractivity contribution in [3.63, 3.8) is 0 Å². The first kappa shape index (κ1) is 17.1. The first-order valence-electron chi connectivity index (χ1n) is 7.06. The highest BCUT2D eigenvalue weighted by molar-refractivity contribution is 7.98. The van der Waals surface area contributed by atoms with E-state index in [0.29, 0.717) is 10.9 Å². The van der Waals surface area contributed by atoms with Crippen molar-refractivity contribution in [1.29, 1.82) is 5.26 Å². The summed E-state index contributed by atoms with van der Waals surface area (Å²) >= 11 is 1.33. The highest BCUT2D eigenvalue weighted by Gasteiger charge is 2.13. The Morgan fingerprint density at radius 3 is 2.65 bits per heavy atom. The fraction of sp³-hybridized carbons (Fsp3) is 0.235. The van der Waals surface area contributed by atoms with Crippen molar-refractivity contribution in [3.8, 4) is 28.8 Å². The lowest BCUT2D eigenvalue weighted by Gasteiger charge is -2.06. The molecule has 6 heteroatoms. The average Bonchev–Trinajstić information content (AvgIpc) is 2.51. The fourth-order valence-electron chi connectivity index (χ4n) is 1.87. The quantitative estimate of drug-likeness (QED) is 0.395. The first-order valence-corrected chi connectivity index (χ1v) is 11.8. The van der Waals surface area contributed by atoms with Crippen molar-refractivity contribution < 1.29 is 0 Å². The molecule has 0 aliphatic rings. The number of aromatic nitrogens is 2. The van der Waals surface area contributed by atoms with Crippen LogP contribution >= 0.6 is 11.8 Å². The molecule has 0 fully saturated rings. The van der Waals surface area contributed by atoms with E-state index in [2.05, 4.69) is 41.1 Å². The Balaban J connectivity index is 2.59. The molecule has 116 valence electrons. The van der Waals surface area contributed by atoms with Crippen LogP contribution in [0.15, 0.2) is 34.2 Å². The van der Waals surface area contributed by atoms with Gasteiger partial charge in [-0.15, -0.1) is 5.54 Å². The van der Waals surface area contributed by atoms with Crippen molar-refractivity contribution in [2.45, 2.75) is 24.8 Å². The third kappa shape index (κ3) is 4.35. The van der Waals surface area contributed by atoms with Gasteiger partial charge in [0.1, 0.15) is 19.7 Å². The van der Waals surface area contributed by atoms with Crippen LogP contribution in [0.25, 0.3) is 11.3 Å². The van der Waals surface area contributed by atoms with E-state index in [1.807, 2.05) is 36.6 Å². The van der Waals surface area contributed by atoms with Gasteiger partial charge in [0.2, 0.25) is 0 Å². The molecule has 4 nitrogen and oxygen atoms in total. The zero-order valence-corrected chi connectivity index (χ0v) is 15.3. The summed E-state index contributed by atoms with van der Waals surface area (Å²) < 4.78 is 0. The number of hydrogen-bond donors (Lipinski definition) is 1. The van der Waals surface area contributed by atoms with E-state index >= 15 is 0 Å². The molecule has 0 amide bonds. The number of H-pyrrole nitrogens is 1. The molecule has 0 bridgehead atoms. The topological polar surface area (TPSA) is 69.5 Å². The molecular formula is C17H17N3OSSi. The molecule has 0 atom stereocenters. The SMILES string of the molecule is CSc1nc(-c2cccc(C#C[Si](C)(C)C)c2)c(C#N)c(=O)[nH]1. The second-order valence-corrected chi connectivity index (χ2v) is 11.5. The van der Waals surface area contributed by atoms with E-state index in [1.165, 1.54) is 11.8 Å². The van der Waals surface area contributed by atoms with Gasteiger partial charge in [0.05, 0.1) is 5.69 Å². The van der Waals surface area contributed by atoms with Gasteiger partial charge in [-0.3, -0.25) is 4.79 Å². The third-order valence-electron chi connectivity index (χ3n) is 2.92. The number of aromatic amines is 1. The number of nitrogens with zero attached hydrogens (tertiary/aromatic N) is 2. The third-order valence-corrected chi connectivity index (χ3v) is 4.38. The van der Waals surface area contributed by atoms with Crippen molar-refractivity contribution in [3.05, 3.63) is 45.7 Å². The minimum absolute atomic E-state index is 0.0260. The molecule has 0 spiro atoms. The van der Waals surface area contributed by atoms with E-state index in [1.54, 1.807) is 0 Å². The van der Waals surface area contributed by atoms with Crippen LogP contribution in [-0.2, 0) is 0 Å². The molecule has 2 rings (SSSR count). The van der Waals surface area contributed by atoms with Gasteiger partial charge in [-0.2, -0.15) is 5.26 Å². The van der Waals surface area contributed by atoms with E-state index in [0.717, 1.165) is 11.1 Å². The van der Waals surface area contributed by atoms with Gasteiger partial charge in [0.15, 0.2) is 5.16 Å². The van der Waals surface area contributed by atoms with Crippen molar-refractivity contribution in [2.24, 2.45) is 0 Å². The van der Waals surface area contributed by atoms with Gasteiger partial charge in [0, 0.05) is 11.1 Å². The molecule has 1 N–H and O–H groups in total. The largest absolute Gasteiger partial charge is 0.300 e. The number of rotatable bonds is 2. The van der Waals surface area contributed by atoms with Gasteiger partial charge < -0.3 is 4.98 Å². The summed E-state index contributed by atoms with van der Waals surface area (Å²) in [6.07, 6.45) is 1.82. The van der Waals surface area contributed by atoms with Gasteiger partial charge in [-0.25, -0.2) is 4.98 Å². The number of hydrogen-bond acceptors (Lipinski definition) is 4. The number of nitriles is 1. The van der Waals surface area contributed by atoms with E-state index in [4.69, 9.17) is 0 Å². The van der Waals surface area contributed by atoms with Gasteiger partial charge in [0.25, 0.3) is 5.56 Å². The molecule has 0 aliphatic heterocycles. The molecule has 23 heavy (non-hydrogen) atoms. The first-order chi connectivity index (χ1) is 10.8. The Labute approximate surface area is 141 Å². The summed E-state index contributed by atoms with van der Waals surface area (Å²) in [6, 6.07) is 9.45. The zero-order chi connectivity index (χ0) is 17.0. The monoisotopic (exact) mass is 339 g/mol. The number of thioether (sulfide) groups is 1. The summed E-state index contributed by atoms with van der Waals surface area (Å²) in [4.78, 5) is 19.0. The normalized spacial score (nSPS) is 10.6. The maximum Gasteiger partial charge on any atom is 0.270 e. The molecule has 0 unspecified atom stereocenters. The lowest BCUT2D eigenvalue weighted by atomic mass is 10.1. The van der Waals surface area contributed by atoms with Crippen LogP contribution < -0.4 is 5.56 Å². The maximum absolute atomic E-state index is 12.0. The molecule has 1 heterocycles. The lowest BCUT2D eigenvalue weighted by molar-refractivity contribution is 0.937. The molecule has 2 aromatic rings. The second kappa shape index (κ2) is 6.87. The Kier molecular flexibility index (Phi) is 5.10. The van der Waals surface area contributed by atoms with E-state index < -0.39 is 13.6 Å². The summed E-state index contributed by atoms with van der Waals surface area (Å²) in [5.41, 5.74) is 4.91. The predicted octanol–water partition coefficient (Wildman–Crippen LogP) is 3.26. The molecule has 0 saturated carbocycles. The summed E-state index contributed by atoms with van der Waals surface area (Å²) in [7, 11) is -1.47. The summed E-state index contributed by atoms with van der Waals surface area (Å²) in [6.45, 7) is 6.54. The Bertz CT molecular complexity index is 895. The van der Waals surface area contributed by atoms with Gasteiger partial charge in [-0.1, -0.05) is 49.5 Å². The van der Waals surface area contributed by atoms with Crippen LogP contribution in [0.4, 0.5) is 0 Å². The minimum Gasteiger partial charge on any atom is -0.300 e. The predicted molar refractivity (Wildman–Crippen MR) is 97.0 cm³/mol. The van der Waals surface area contributed by atoms with E-state index in [-0.39, 0.29) is 5.56 Å². The van der Waals surface area contributed by atoms with Gasteiger partial charge in [-0.05, 0) is 18.4 Å². The van der Waals surface area contributed by atoms with Crippen molar-refractivity contribution >= 4 is 19.8 Å². The summed E-state index contributed by atoms with van der Waals surface area (Å²) in [5.74, 6) is 3.19. The molecule has 1 aromatic carbocycles. The molecule has 1 aromatic heterocycles. The van der Waals surface area contributed by atoms with Crippen LogP contribution in [-0.4, -0.2) is 24.3 Å². The second-order valence-electron chi connectivity index (χ2n) is 5.99. The van der Waals surface area contributed by atoms with Crippen molar-refractivity contribution in [2.75, 3.05) is 6.26 Å². The van der Waals surface area contributed by atoms with Gasteiger partial charge >= 0.3 is 0 Å². The highest BCUT2D eigenvalue weighted by atomic mass is 32.2. The Morgan fingerprint density at radius 2 is 2.04 bits per heavy atom. The van der Waals surface area contributed by atoms with Crippen LogP contribution in [0.1, 0.15) is 11.1 Å². The Morgan fingerprint density at radius 1 is 1.30 bits per heavy atom.